The second-order valence-electron chi connectivity index (χ2n) is 8.91. The third kappa shape index (κ3) is 5.66. The number of nitrogens with one attached hydrogen (secondary N) is 1. The van der Waals surface area contributed by atoms with Gasteiger partial charge in [-0.15, -0.1) is 0 Å². The molecule has 5 aromatic rings. The lowest BCUT2D eigenvalue weighted by atomic mass is 10.1. The van der Waals surface area contributed by atoms with Gasteiger partial charge in [0.2, 0.25) is 5.55 Å². The van der Waals surface area contributed by atoms with Crippen molar-refractivity contribution >= 4 is 28.3 Å². The first-order valence-electron chi connectivity index (χ1n) is 12.3. The molecule has 5 rings (SSSR count). The van der Waals surface area contributed by atoms with E-state index in [2.05, 4.69) is 15.3 Å². The number of nitrogens with zero attached hydrogens (tertiary/aromatic N) is 2. The highest BCUT2D eigenvalue weighted by molar-refractivity contribution is 6.06. The zero-order valence-electron chi connectivity index (χ0n) is 21.8. The number of aryl methyl sites for hydroxylation is 2. The Kier molecular flexibility index (Phi) is 7.38. The van der Waals surface area contributed by atoms with Crippen LogP contribution in [0.1, 0.15) is 27.2 Å². The molecule has 2 heterocycles. The molecule has 0 bridgehead atoms. The van der Waals surface area contributed by atoms with Crippen LogP contribution in [-0.2, 0) is 6.61 Å². The molecule has 0 aliphatic heterocycles. The zero-order chi connectivity index (χ0) is 27.4. The molecular weight excluding hydrogens is 494 g/mol. The van der Waals surface area contributed by atoms with Crippen molar-refractivity contribution < 1.29 is 23.8 Å². The van der Waals surface area contributed by atoms with Crippen molar-refractivity contribution in [1.82, 2.24) is 4.98 Å². The van der Waals surface area contributed by atoms with Gasteiger partial charge in [0, 0.05) is 17.1 Å². The monoisotopic (exact) mass is 521 g/mol. The SMILES string of the molecule is COc1ccc(C)cc1NC(=O)c1cc2c(CO)cnc(C)c2oc1=Nc1ccc(Oc2ccccc2)cc1. The van der Waals surface area contributed by atoms with Gasteiger partial charge >= 0.3 is 0 Å². The predicted octanol–water partition coefficient (Wildman–Crippen LogP) is 6.22. The maximum atomic E-state index is 13.6. The number of fused-ring (bicyclic) bond motifs is 1. The number of hydrogen-bond donors (Lipinski definition) is 2. The van der Waals surface area contributed by atoms with E-state index in [4.69, 9.17) is 13.9 Å². The van der Waals surface area contributed by atoms with E-state index in [0.29, 0.717) is 45.1 Å². The van der Waals surface area contributed by atoms with Crippen molar-refractivity contribution in [3.63, 3.8) is 0 Å². The van der Waals surface area contributed by atoms with Crippen molar-refractivity contribution in [3.8, 4) is 17.2 Å². The Morgan fingerprint density at radius 3 is 2.46 bits per heavy atom. The van der Waals surface area contributed by atoms with E-state index < -0.39 is 5.91 Å². The molecule has 0 radical (unpaired) electrons. The summed E-state index contributed by atoms with van der Waals surface area (Å²) in [5.74, 6) is 1.45. The lowest BCUT2D eigenvalue weighted by Crippen LogP contribution is -2.22. The summed E-state index contributed by atoms with van der Waals surface area (Å²) in [5.41, 5.74) is 3.91. The molecular formula is C31H27N3O5. The number of methoxy groups -OCH3 is 1. The molecule has 1 amide bonds. The van der Waals surface area contributed by atoms with Crippen molar-refractivity contribution in [2.24, 2.45) is 4.99 Å². The molecule has 2 N–H and O–H groups in total. The fourth-order valence-corrected chi connectivity index (χ4v) is 4.10. The molecule has 0 fully saturated rings. The molecule has 3 aromatic carbocycles. The Morgan fingerprint density at radius 1 is 1.00 bits per heavy atom. The van der Waals surface area contributed by atoms with Crippen LogP contribution in [0.25, 0.3) is 11.0 Å². The van der Waals surface area contributed by atoms with E-state index in [1.807, 2.05) is 49.4 Å². The Bertz CT molecular complexity index is 1710. The highest BCUT2D eigenvalue weighted by Crippen LogP contribution is 2.27. The quantitative estimate of drug-likeness (QED) is 0.263. The fourth-order valence-electron chi connectivity index (χ4n) is 4.10. The molecule has 8 nitrogen and oxygen atoms in total. The average Bonchev–Trinajstić information content (AvgIpc) is 2.95. The summed E-state index contributed by atoms with van der Waals surface area (Å²) in [7, 11) is 1.54. The number of anilines is 1. The number of para-hydroxylation sites is 1. The Balaban J connectivity index is 1.59. The Hall–Kier alpha value is -4.95. The molecule has 8 heteroatoms. The molecule has 0 atom stereocenters. The van der Waals surface area contributed by atoms with Gasteiger partial charge in [-0.25, -0.2) is 4.99 Å². The van der Waals surface area contributed by atoms with Crippen LogP contribution < -0.4 is 20.3 Å². The van der Waals surface area contributed by atoms with E-state index in [-0.39, 0.29) is 17.7 Å². The third-order valence-corrected chi connectivity index (χ3v) is 6.12. The predicted molar refractivity (Wildman–Crippen MR) is 149 cm³/mol. The van der Waals surface area contributed by atoms with Crippen LogP contribution in [-0.4, -0.2) is 23.1 Å². The highest BCUT2D eigenvalue weighted by atomic mass is 16.5. The van der Waals surface area contributed by atoms with Gasteiger partial charge in [0.25, 0.3) is 5.91 Å². The highest BCUT2D eigenvalue weighted by Gasteiger charge is 2.18. The smallest absolute Gasteiger partial charge is 0.261 e. The van der Waals surface area contributed by atoms with Crippen LogP contribution in [0.2, 0.25) is 0 Å². The molecule has 0 saturated carbocycles. The molecule has 0 unspecified atom stereocenters. The van der Waals surface area contributed by atoms with E-state index in [9.17, 15) is 9.90 Å². The van der Waals surface area contributed by atoms with Crippen molar-refractivity contribution in [2.75, 3.05) is 12.4 Å². The summed E-state index contributed by atoms with van der Waals surface area (Å²) in [6, 6.07) is 23.8. The number of carbonyl (C=O) groups excluding carboxylic acids is 1. The molecule has 0 spiro atoms. The molecule has 196 valence electrons. The van der Waals surface area contributed by atoms with Crippen LogP contribution in [0.4, 0.5) is 11.4 Å². The second kappa shape index (κ2) is 11.2. The number of rotatable bonds is 7. The number of amides is 1. The molecule has 39 heavy (non-hydrogen) atoms. The molecule has 2 aromatic heterocycles. The van der Waals surface area contributed by atoms with Gasteiger partial charge in [0.05, 0.1) is 30.8 Å². The van der Waals surface area contributed by atoms with Crippen LogP contribution in [0.5, 0.6) is 17.2 Å². The van der Waals surface area contributed by atoms with E-state index in [1.54, 1.807) is 56.6 Å². The summed E-state index contributed by atoms with van der Waals surface area (Å²) >= 11 is 0. The standard InChI is InChI=1S/C31H27N3O5/c1-19-9-14-28(37-3)27(15-19)34-30(36)26-16-25-21(18-35)17-32-20(2)29(25)39-31(26)33-22-10-12-24(13-11-22)38-23-7-5-4-6-8-23/h4-17,35H,18H2,1-3H3,(H,34,36). The van der Waals surface area contributed by atoms with Crippen LogP contribution in [0, 0.1) is 13.8 Å². The number of aliphatic hydroxyl groups is 1. The number of carbonyl (C=O) groups is 1. The number of ether oxygens (including phenoxy) is 2. The first kappa shape index (κ1) is 25.7. The Labute approximate surface area is 225 Å². The number of aromatic nitrogens is 1. The largest absolute Gasteiger partial charge is 0.495 e. The van der Waals surface area contributed by atoms with Gasteiger partial charge in [-0.2, -0.15) is 0 Å². The molecule has 0 aliphatic rings. The summed E-state index contributed by atoms with van der Waals surface area (Å²) in [5, 5.41) is 13.4. The third-order valence-electron chi connectivity index (χ3n) is 6.12. The lowest BCUT2D eigenvalue weighted by molar-refractivity contribution is 0.102. The zero-order valence-corrected chi connectivity index (χ0v) is 21.8. The minimum Gasteiger partial charge on any atom is -0.495 e. The molecule has 0 saturated heterocycles. The first-order chi connectivity index (χ1) is 18.9. The minimum absolute atomic E-state index is 0.100. The van der Waals surface area contributed by atoms with Gasteiger partial charge < -0.3 is 24.3 Å². The van der Waals surface area contributed by atoms with Gasteiger partial charge in [-0.3, -0.25) is 9.78 Å². The molecule has 0 aliphatic carbocycles. The summed E-state index contributed by atoms with van der Waals surface area (Å²) in [4.78, 5) is 22.6. The maximum absolute atomic E-state index is 13.6. The van der Waals surface area contributed by atoms with Crippen LogP contribution in [0.3, 0.4) is 0 Å². The maximum Gasteiger partial charge on any atom is 0.261 e. The van der Waals surface area contributed by atoms with Crippen molar-refractivity contribution in [3.05, 3.63) is 113 Å². The van der Waals surface area contributed by atoms with E-state index >= 15 is 0 Å². The Morgan fingerprint density at radius 2 is 1.74 bits per heavy atom. The summed E-state index contributed by atoms with van der Waals surface area (Å²) < 4.78 is 17.5. The number of hydrogen-bond acceptors (Lipinski definition) is 7. The summed E-state index contributed by atoms with van der Waals surface area (Å²) in [6.45, 7) is 3.46. The van der Waals surface area contributed by atoms with Crippen molar-refractivity contribution in [1.29, 1.82) is 0 Å². The van der Waals surface area contributed by atoms with Gasteiger partial charge in [-0.1, -0.05) is 24.3 Å². The second-order valence-corrected chi connectivity index (χ2v) is 8.91. The normalized spacial score (nSPS) is 11.4. The minimum atomic E-state index is -0.439. The first-order valence-corrected chi connectivity index (χ1v) is 12.3. The van der Waals surface area contributed by atoms with Gasteiger partial charge in [0.15, 0.2) is 5.58 Å². The van der Waals surface area contributed by atoms with Gasteiger partial charge in [0.1, 0.15) is 22.8 Å². The van der Waals surface area contributed by atoms with Crippen LogP contribution >= 0.6 is 0 Å². The number of aliphatic hydroxyl groups excluding tert-OH is 1. The average molecular weight is 522 g/mol. The van der Waals surface area contributed by atoms with E-state index in [1.165, 1.54) is 0 Å². The topological polar surface area (TPSA) is 106 Å². The summed E-state index contributed by atoms with van der Waals surface area (Å²) in [6.07, 6.45) is 1.57. The lowest BCUT2D eigenvalue weighted by Gasteiger charge is -2.12. The van der Waals surface area contributed by atoms with Crippen LogP contribution in [0.15, 0.2) is 94.5 Å². The van der Waals surface area contributed by atoms with E-state index in [0.717, 1.165) is 11.3 Å². The van der Waals surface area contributed by atoms with Gasteiger partial charge in [-0.05, 0) is 74.0 Å². The van der Waals surface area contributed by atoms with Crippen molar-refractivity contribution in [2.45, 2.75) is 20.5 Å². The number of pyridine rings is 1. The fraction of sp³-hybridized carbons (Fsp3) is 0.129. The number of benzene rings is 3.